The average molecular weight is 468 g/mol. The second kappa shape index (κ2) is 9.71. The minimum atomic E-state index is -2.73. The van der Waals surface area contributed by atoms with Gasteiger partial charge in [-0.05, 0) is 12.5 Å². The Morgan fingerprint density at radius 2 is 2.28 bits per heavy atom. The average Bonchev–Trinajstić information content (AvgIpc) is 3.55. The van der Waals surface area contributed by atoms with E-state index in [-0.39, 0.29) is 25.6 Å². The van der Waals surface area contributed by atoms with Crippen molar-refractivity contribution < 1.29 is 28.5 Å². The summed E-state index contributed by atoms with van der Waals surface area (Å²) in [6.07, 6.45) is 1.72. The number of halogens is 2. The molecule has 2 unspecified atom stereocenters. The minimum absolute atomic E-state index is 0.0611. The van der Waals surface area contributed by atoms with Crippen LogP contribution in [-0.4, -0.2) is 80.8 Å². The molecule has 0 aromatic carbocycles. The maximum atomic E-state index is 13.0. The lowest BCUT2D eigenvalue weighted by Crippen LogP contribution is -2.35. The Kier molecular flexibility index (Phi) is 6.77. The predicted molar refractivity (Wildman–Crippen MR) is 111 cm³/mol. The standard InChI is InChI=1S/C19H22F2N6O4S/c20-18(21)27-3-1-14(25-27)13-7-23-16(17-22-2-4-32-17)26-8-11(5-15(13)26)10-31-19(30)24-6-12(29)9-28/h1-4,11-12,18,28-29H,5-10H2,(H,24,30). The molecule has 10 nitrogen and oxygen atoms in total. The molecule has 4 heterocycles. The molecule has 0 aliphatic carbocycles. The molecular formula is C19H22F2N6O4S. The minimum Gasteiger partial charge on any atom is -0.449 e. The summed E-state index contributed by atoms with van der Waals surface area (Å²) in [5.41, 5.74) is 2.08. The van der Waals surface area contributed by atoms with Crippen molar-refractivity contribution in [3.05, 3.63) is 40.2 Å². The molecule has 2 aromatic rings. The fraction of sp³-hybridized carbons (Fsp3) is 0.474. The quantitative estimate of drug-likeness (QED) is 0.533. The number of aliphatic hydroxyl groups excluding tert-OH is 2. The van der Waals surface area contributed by atoms with Gasteiger partial charge in [-0.15, -0.1) is 11.3 Å². The number of carbonyl (C=O) groups excluding carboxylic acids is 1. The van der Waals surface area contributed by atoms with Crippen molar-refractivity contribution in [1.29, 1.82) is 0 Å². The van der Waals surface area contributed by atoms with E-state index in [0.29, 0.717) is 29.2 Å². The third kappa shape index (κ3) is 4.79. The van der Waals surface area contributed by atoms with E-state index in [9.17, 15) is 18.7 Å². The first kappa shape index (κ1) is 22.3. The van der Waals surface area contributed by atoms with Gasteiger partial charge in [-0.2, -0.15) is 13.9 Å². The van der Waals surface area contributed by atoms with Gasteiger partial charge in [0.25, 0.3) is 0 Å². The van der Waals surface area contributed by atoms with E-state index in [1.165, 1.54) is 17.5 Å². The number of amides is 1. The topological polar surface area (TPSA) is 125 Å². The number of fused-ring (bicyclic) bond motifs is 1. The molecule has 0 spiro atoms. The maximum Gasteiger partial charge on any atom is 0.407 e. The number of hydrogen-bond donors (Lipinski definition) is 3. The summed E-state index contributed by atoms with van der Waals surface area (Å²) < 4.78 is 31.9. The highest BCUT2D eigenvalue weighted by Crippen LogP contribution is 2.37. The van der Waals surface area contributed by atoms with Crippen molar-refractivity contribution in [2.45, 2.75) is 19.1 Å². The molecule has 0 bridgehead atoms. The summed E-state index contributed by atoms with van der Waals surface area (Å²) in [5, 5.41) is 27.1. The molecule has 4 rings (SSSR count). The number of alkyl carbamates (subject to hydrolysis) is 1. The SMILES string of the molecule is O=C(NCC(O)CO)OCC1CC2=C(c3ccn(C(F)F)n3)CN=C(c3nccs3)N2C1. The van der Waals surface area contributed by atoms with Gasteiger partial charge >= 0.3 is 12.6 Å². The Bertz CT molecular complexity index is 1010. The third-order valence-corrected chi connectivity index (χ3v) is 5.89. The first-order chi connectivity index (χ1) is 15.5. The Balaban J connectivity index is 1.50. The van der Waals surface area contributed by atoms with Gasteiger partial charge in [0, 0.05) is 48.1 Å². The zero-order valence-corrected chi connectivity index (χ0v) is 17.7. The summed E-state index contributed by atoms with van der Waals surface area (Å²) >= 11 is 1.45. The van der Waals surface area contributed by atoms with E-state index in [1.807, 2.05) is 10.3 Å². The van der Waals surface area contributed by atoms with Gasteiger partial charge in [-0.1, -0.05) is 0 Å². The van der Waals surface area contributed by atoms with E-state index in [2.05, 4.69) is 20.4 Å². The van der Waals surface area contributed by atoms with Crippen LogP contribution in [0.4, 0.5) is 13.6 Å². The molecule has 3 N–H and O–H groups in total. The number of nitrogens with zero attached hydrogens (tertiary/aromatic N) is 5. The smallest absolute Gasteiger partial charge is 0.407 e. The molecule has 1 saturated heterocycles. The van der Waals surface area contributed by atoms with Crippen LogP contribution in [-0.2, 0) is 4.74 Å². The van der Waals surface area contributed by atoms with Gasteiger partial charge in [0.15, 0.2) is 10.8 Å². The maximum absolute atomic E-state index is 13.0. The number of amidine groups is 1. The zero-order chi connectivity index (χ0) is 22.7. The third-order valence-electron chi connectivity index (χ3n) is 5.12. The number of allylic oxidation sites excluding steroid dienone is 1. The lowest BCUT2D eigenvalue weighted by atomic mass is 10.0. The Morgan fingerprint density at radius 3 is 2.97 bits per heavy atom. The number of thiazole rings is 1. The first-order valence-corrected chi connectivity index (χ1v) is 10.8. The van der Waals surface area contributed by atoms with Crippen LogP contribution in [0, 0.1) is 5.92 Å². The highest BCUT2D eigenvalue weighted by Gasteiger charge is 2.37. The summed E-state index contributed by atoms with van der Waals surface area (Å²) in [7, 11) is 0. The molecule has 2 aliphatic rings. The molecular weight excluding hydrogens is 446 g/mol. The molecule has 0 radical (unpaired) electrons. The number of ether oxygens (including phenoxy) is 1. The molecule has 1 fully saturated rings. The van der Waals surface area contributed by atoms with E-state index >= 15 is 0 Å². The summed E-state index contributed by atoms with van der Waals surface area (Å²) in [6, 6.07) is 1.54. The molecule has 2 aliphatic heterocycles. The molecule has 13 heteroatoms. The highest BCUT2D eigenvalue weighted by molar-refractivity contribution is 7.11. The monoisotopic (exact) mass is 468 g/mol. The van der Waals surface area contributed by atoms with E-state index in [0.717, 1.165) is 16.3 Å². The van der Waals surface area contributed by atoms with Gasteiger partial charge in [0.1, 0.15) is 0 Å². The van der Waals surface area contributed by atoms with Crippen LogP contribution in [0.2, 0.25) is 0 Å². The number of aliphatic hydroxyl groups is 2. The predicted octanol–water partition coefficient (Wildman–Crippen LogP) is 1.31. The fourth-order valence-electron chi connectivity index (χ4n) is 3.62. The van der Waals surface area contributed by atoms with Crippen LogP contribution >= 0.6 is 11.3 Å². The van der Waals surface area contributed by atoms with E-state index in [1.54, 1.807) is 12.3 Å². The lowest BCUT2D eigenvalue weighted by Gasteiger charge is -2.27. The van der Waals surface area contributed by atoms with Crippen LogP contribution in [0.25, 0.3) is 5.57 Å². The summed E-state index contributed by atoms with van der Waals surface area (Å²) in [6.45, 7) is -2.39. The van der Waals surface area contributed by atoms with Gasteiger partial charge in [0.2, 0.25) is 0 Å². The molecule has 32 heavy (non-hydrogen) atoms. The van der Waals surface area contributed by atoms with E-state index in [4.69, 9.17) is 9.84 Å². The largest absolute Gasteiger partial charge is 0.449 e. The van der Waals surface area contributed by atoms with Gasteiger partial charge in [-0.3, -0.25) is 4.99 Å². The number of nitrogens with one attached hydrogen (secondary N) is 1. The first-order valence-electron chi connectivity index (χ1n) is 9.93. The molecule has 2 aromatic heterocycles. The van der Waals surface area contributed by atoms with Gasteiger partial charge in [0.05, 0.1) is 31.6 Å². The number of hydrogen-bond acceptors (Lipinski definition) is 9. The van der Waals surface area contributed by atoms with Crippen molar-refractivity contribution >= 4 is 28.8 Å². The number of aliphatic imine (C=N–C) groups is 1. The van der Waals surface area contributed by atoms with Crippen LogP contribution < -0.4 is 5.32 Å². The van der Waals surface area contributed by atoms with Crippen molar-refractivity contribution in [3.63, 3.8) is 0 Å². The Hall–Kier alpha value is -2.90. The fourth-order valence-corrected chi connectivity index (χ4v) is 4.28. The summed E-state index contributed by atoms with van der Waals surface area (Å²) in [4.78, 5) is 22.8. The van der Waals surface area contributed by atoms with Crippen LogP contribution in [0.3, 0.4) is 0 Å². The lowest BCUT2D eigenvalue weighted by molar-refractivity contribution is 0.0564. The second-order valence-corrected chi connectivity index (χ2v) is 8.25. The van der Waals surface area contributed by atoms with Crippen LogP contribution in [0.15, 0.2) is 34.5 Å². The second-order valence-electron chi connectivity index (χ2n) is 7.36. The molecule has 2 atom stereocenters. The highest BCUT2D eigenvalue weighted by atomic mass is 32.1. The number of rotatable bonds is 8. The Labute approximate surface area is 185 Å². The van der Waals surface area contributed by atoms with Crippen LogP contribution in [0.1, 0.15) is 23.7 Å². The van der Waals surface area contributed by atoms with Crippen molar-refractivity contribution in [2.24, 2.45) is 10.9 Å². The van der Waals surface area contributed by atoms with Crippen molar-refractivity contribution in [3.8, 4) is 0 Å². The van der Waals surface area contributed by atoms with Gasteiger partial charge in [-0.25, -0.2) is 14.5 Å². The summed E-state index contributed by atoms with van der Waals surface area (Å²) in [5.74, 6) is 0.638. The molecule has 1 amide bonds. The number of aromatic nitrogens is 3. The normalized spacial score (nSPS) is 19.2. The molecule has 172 valence electrons. The van der Waals surface area contributed by atoms with E-state index < -0.39 is 25.4 Å². The number of carbonyl (C=O) groups is 1. The zero-order valence-electron chi connectivity index (χ0n) is 16.9. The van der Waals surface area contributed by atoms with Gasteiger partial charge < -0.3 is 25.2 Å². The number of alkyl halides is 2. The van der Waals surface area contributed by atoms with Crippen molar-refractivity contribution in [1.82, 2.24) is 25.0 Å². The molecule has 0 saturated carbocycles. The van der Waals surface area contributed by atoms with Crippen molar-refractivity contribution in [2.75, 3.05) is 32.8 Å². The Morgan fingerprint density at radius 1 is 1.44 bits per heavy atom. The van der Waals surface area contributed by atoms with Crippen LogP contribution in [0.5, 0.6) is 0 Å².